The average molecular weight is 352 g/mol. The molecule has 0 saturated heterocycles. The molecule has 0 aromatic heterocycles. The Morgan fingerprint density at radius 2 is 2.31 bits per heavy atom. The summed E-state index contributed by atoms with van der Waals surface area (Å²) in [4.78, 5) is 0. The van der Waals surface area contributed by atoms with Gasteiger partial charge in [-0.3, -0.25) is 0 Å². The molecule has 0 aliphatic rings. The second kappa shape index (κ2) is 5.65. The van der Waals surface area contributed by atoms with E-state index in [1.165, 1.54) is 3.57 Å². The third-order valence-electron chi connectivity index (χ3n) is 1.60. The zero-order valence-electron chi connectivity index (χ0n) is 7.19. The van der Waals surface area contributed by atoms with E-state index in [1.54, 1.807) is 0 Å². The number of hydrogen-bond acceptors (Lipinski definition) is 1. The maximum atomic E-state index is 3.67. The van der Waals surface area contributed by atoms with E-state index in [2.05, 4.69) is 68.6 Å². The number of benzene rings is 1. The van der Waals surface area contributed by atoms with E-state index >= 15 is 0 Å². The quantitative estimate of drug-likeness (QED) is 0.490. The van der Waals surface area contributed by atoms with Gasteiger partial charge in [-0.2, -0.15) is 0 Å². The van der Waals surface area contributed by atoms with Crippen LogP contribution in [0.15, 0.2) is 35.3 Å². The van der Waals surface area contributed by atoms with Crippen molar-refractivity contribution in [1.82, 2.24) is 0 Å². The Balaban J connectivity index is 2.57. The molecule has 0 atom stereocenters. The lowest BCUT2D eigenvalue weighted by Gasteiger charge is -2.05. The SMILES string of the molecule is C=CCCNc1ccc(Br)c(I)c1. The largest absolute Gasteiger partial charge is 0.385 e. The zero-order valence-corrected chi connectivity index (χ0v) is 10.9. The Kier molecular flexibility index (Phi) is 4.80. The summed E-state index contributed by atoms with van der Waals surface area (Å²) in [6.07, 6.45) is 2.91. The normalized spacial score (nSPS) is 9.69. The fourth-order valence-electron chi connectivity index (χ4n) is 0.925. The first-order valence-electron chi connectivity index (χ1n) is 4.04. The van der Waals surface area contributed by atoms with Gasteiger partial charge in [0.15, 0.2) is 0 Å². The van der Waals surface area contributed by atoms with Gasteiger partial charge in [0, 0.05) is 20.3 Å². The first kappa shape index (κ1) is 11.0. The van der Waals surface area contributed by atoms with E-state index < -0.39 is 0 Å². The van der Waals surface area contributed by atoms with Gasteiger partial charge in [0.05, 0.1) is 0 Å². The van der Waals surface area contributed by atoms with Gasteiger partial charge in [-0.15, -0.1) is 6.58 Å². The number of halogens is 2. The molecule has 1 nitrogen and oxygen atoms in total. The molecule has 0 unspecified atom stereocenters. The monoisotopic (exact) mass is 351 g/mol. The smallest absolute Gasteiger partial charge is 0.0351 e. The molecule has 0 amide bonds. The van der Waals surface area contributed by atoms with Gasteiger partial charge < -0.3 is 5.32 Å². The lowest BCUT2D eigenvalue weighted by Crippen LogP contribution is -1.99. The first-order valence-corrected chi connectivity index (χ1v) is 5.91. The third kappa shape index (κ3) is 3.68. The van der Waals surface area contributed by atoms with E-state index in [-0.39, 0.29) is 0 Å². The Morgan fingerprint density at radius 1 is 1.54 bits per heavy atom. The van der Waals surface area contributed by atoms with E-state index in [4.69, 9.17) is 0 Å². The van der Waals surface area contributed by atoms with Gasteiger partial charge >= 0.3 is 0 Å². The molecule has 0 heterocycles. The van der Waals surface area contributed by atoms with Crippen molar-refractivity contribution in [3.05, 3.63) is 38.9 Å². The number of hydrogen-bond donors (Lipinski definition) is 1. The maximum Gasteiger partial charge on any atom is 0.0351 e. The molecule has 0 radical (unpaired) electrons. The van der Waals surface area contributed by atoms with Crippen LogP contribution in [0.25, 0.3) is 0 Å². The second-order valence-corrected chi connectivity index (χ2v) is 4.65. The predicted molar refractivity (Wildman–Crippen MR) is 70.2 cm³/mol. The van der Waals surface area contributed by atoms with Crippen LogP contribution in [0.5, 0.6) is 0 Å². The number of nitrogens with one attached hydrogen (secondary N) is 1. The van der Waals surface area contributed by atoms with Gasteiger partial charge in [0.25, 0.3) is 0 Å². The number of anilines is 1. The van der Waals surface area contributed by atoms with Crippen LogP contribution in [0.4, 0.5) is 5.69 Å². The Labute approximate surface area is 101 Å². The van der Waals surface area contributed by atoms with Gasteiger partial charge in [-0.05, 0) is 63.1 Å². The molecule has 0 aliphatic carbocycles. The second-order valence-electron chi connectivity index (χ2n) is 2.63. The average Bonchev–Trinajstić information content (AvgIpc) is 2.12. The van der Waals surface area contributed by atoms with Crippen molar-refractivity contribution in [2.24, 2.45) is 0 Å². The minimum atomic E-state index is 0.946. The highest BCUT2D eigenvalue weighted by molar-refractivity contribution is 14.1. The Morgan fingerprint density at radius 3 is 2.92 bits per heavy atom. The molecule has 70 valence electrons. The summed E-state index contributed by atoms with van der Waals surface area (Å²) in [6.45, 7) is 4.62. The molecule has 0 fully saturated rings. The van der Waals surface area contributed by atoms with E-state index in [9.17, 15) is 0 Å². The van der Waals surface area contributed by atoms with Crippen LogP contribution in [0.3, 0.4) is 0 Å². The molecular formula is C10H11BrIN. The van der Waals surface area contributed by atoms with Crippen molar-refractivity contribution in [3.63, 3.8) is 0 Å². The maximum absolute atomic E-state index is 3.67. The van der Waals surface area contributed by atoms with Crippen LogP contribution in [0.2, 0.25) is 0 Å². The molecular weight excluding hydrogens is 341 g/mol. The molecule has 0 aliphatic heterocycles. The van der Waals surface area contributed by atoms with Gasteiger partial charge in [-0.25, -0.2) is 0 Å². The predicted octanol–water partition coefficient (Wildman–Crippen LogP) is 4.04. The van der Waals surface area contributed by atoms with Crippen molar-refractivity contribution in [2.75, 3.05) is 11.9 Å². The lowest BCUT2D eigenvalue weighted by atomic mass is 10.3. The van der Waals surface area contributed by atoms with Gasteiger partial charge in [-0.1, -0.05) is 6.08 Å². The summed E-state index contributed by atoms with van der Waals surface area (Å²) < 4.78 is 2.36. The summed E-state index contributed by atoms with van der Waals surface area (Å²) in [6, 6.07) is 6.24. The number of rotatable bonds is 4. The Bertz CT molecular complexity index is 299. The van der Waals surface area contributed by atoms with Gasteiger partial charge in [0.1, 0.15) is 0 Å². The topological polar surface area (TPSA) is 12.0 Å². The molecule has 3 heteroatoms. The van der Waals surface area contributed by atoms with Crippen molar-refractivity contribution in [2.45, 2.75) is 6.42 Å². The Hall–Kier alpha value is -0.0300. The molecule has 13 heavy (non-hydrogen) atoms. The van der Waals surface area contributed by atoms with Crippen molar-refractivity contribution < 1.29 is 0 Å². The molecule has 1 aromatic rings. The van der Waals surface area contributed by atoms with Crippen molar-refractivity contribution in [3.8, 4) is 0 Å². The minimum Gasteiger partial charge on any atom is -0.385 e. The van der Waals surface area contributed by atoms with Crippen LogP contribution in [0.1, 0.15) is 6.42 Å². The van der Waals surface area contributed by atoms with E-state index in [1.807, 2.05) is 6.08 Å². The van der Waals surface area contributed by atoms with Crippen molar-refractivity contribution >= 4 is 44.2 Å². The standard InChI is InChI=1S/C10H11BrIN/c1-2-3-6-13-8-4-5-9(11)10(12)7-8/h2,4-5,7,13H,1,3,6H2. The molecule has 1 aromatic carbocycles. The van der Waals surface area contributed by atoms with Crippen LogP contribution in [0, 0.1) is 3.57 Å². The fraction of sp³-hybridized carbons (Fsp3) is 0.200. The molecule has 0 bridgehead atoms. The molecule has 1 rings (SSSR count). The summed E-state index contributed by atoms with van der Waals surface area (Å²) >= 11 is 5.76. The molecule has 0 spiro atoms. The van der Waals surface area contributed by atoms with E-state index in [0.717, 1.165) is 23.1 Å². The summed E-state index contributed by atoms with van der Waals surface area (Å²) in [5.41, 5.74) is 1.16. The highest BCUT2D eigenvalue weighted by Crippen LogP contribution is 2.22. The first-order chi connectivity index (χ1) is 6.24. The molecule has 0 saturated carbocycles. The summed E-state index contributed by atoms with van der Waals surface area (Å²) in [7, 11) is 0. The van der Waals surface area contributed by atoms with Crippen LogP contribution < -0.4 is 5.32 Å². The highest BCUT2D eigenvalue weighted by atomic mass is 127. The highest BCUT2D eigenvalue weighted by Gasteiger charge is 1.96. The summed E-state index contributed by atoms with van der Waals surface area (Å²) in [5.74, 6) is 0. The third-order valence-corrected chi connectivity index (χ3v) is 3.92. The molecule has 1 N–H and O–H groups in total. The summed E-state index contributed by atoms with van der Waals surface area (Å²) in [5, 5.41) is 3.32. The lowest BCUT2D eigenvalue weighted by molar-refractivity contribution is 1.07. The van der Waals surface area contributed by atoms with Crippen LogP contribution in [-0.2, 0) is 0 Å². The van der Waals surface area contributed by atoms with Crippen molar-refractivity contribution in [1.29, 1.82) is 0 Å². The zero-order chi connectivity index (χ0) is 9.68. The van der Waals surface area contributed by atoms with Gasteiger partial charge in [0.2, 0.25) is 0 Å². The van der Waals surface area contributed by atoms with Crippen LogP contribution >= 0.6 is 38.5 Å². The van der Waals surface area contributed by atoms with Crippen LogP contribution in [-0.4, -0.2) is 6.54 Å². The fourth-order valence-corrected chi connectivity index (χ4v) is 1.69. The van der Waals surface area contributed by atoms with E-state index in [0.29, 0.717) is 0 Å². The minimum absolute atomic E-state index is 0.946.